The number of imidazole rings is 1. The first kappa shape index (κ1) is 18.0. The van der Waals surface area contributed by atoms with Gasteiger partial charge < -0.3 is 10.1 Å². The van der Waals surface area contributed by atoms with Gasteiger partial charge in [0, 0.05) is 28.2 Å². The first-order valence-electron chi connectivity index (χ1n) is 8.14. The van der Waals surface area contributed by atoms with E-state index in [0.29, 0.717) is 17.3 Å². The number of pyridine rings is 1. The summed E-state index contributed by atoms with van der Waals surface area (Å²) < 4.78 is 0. The fourth-order valence-corrected chi connectivity index (χ4v) is 3.84. The van der Waals surface area contributed by atoms with Crippen molar-refractivity contribution in [2.45, 2.75) is 42.2 Å². The number of aromatic nitrogens is 3. The zero-order chi connectivity index (χ0) is 17.8. The molecular weight excluding hydrogens is 354 g/mol. The van der Waals surface area contributed by atoms with Gasteiger partial charge in [-0.1, -0.05) is 49.3 Å². The fourth-order valence-electron chi connectivity index (χ4n) is 2.48. The number of aliphatic hydroxyl groups is 1. The number of halogens is 1. The van der Waals surface area contributed by atoms with Crippen LogP contribution in [0.25, 0.3) is 0 Å². The largest absolute Gasteiger partial charge is 0.385 e. The van der Waals surface area contributed by atoms with Crippen molar-refractivity contribution in [3.05, 3.63) is 70.9 Å². The van der Waals surface area contributed by atoms with Crippen LogP contribution in [0, 0.1) is 0 Å². The number of hydrogen-bond donors (Lipinski definition) is 2. The van der Waals surface area contributed by atoms with Crippen LogP contribution >= 0.6 is 23.4 Å². The molecule has 0 aliphatic heterocycles. The minimum atomic E-state index is -0.721. The van der Waals surface area contributed by atoms with E-state index in [4.69, 9.17) is 11.6 Å². The molecule has 130 valence electrons. The molecule has 0 amide bonds. The molecule has 3 aromatic rings. The van der Waals surface area contributed by atoms with Crippen LogP contribution in [0.3, 0.4) is 0 Å². The summed E-state index contributed by atoms with van der Waals surface area (Å²) in [6, 6.07) is 13.4. The van der Waals surface area contributed by atoms with Crippen molar-refractivity contribution < 1.29 is 5.11 Å². The minimum absolute atomic E-state index is 0.244. The minimum Gasteiger partial charge on any atom is -0.385 e. The third-order valence-corrected chi connectivity index (χ3v) is 4.96. The van der Waals surface area contributed by atoms with Gasteiger partial charge in [0.15, 0.2) is 0 Å². The molecule has 0 spiro atoms. The predicted molar refractivity (Wildman–Crippen MR) is 101 cm³/mol. The van der Waals surface area contributed by atoms with Crippen LogP contribution in [-0.4, -0.2) is 20.1 Å². The number of hydrogen-bond acceptors (Lipinski definition) is 4. The predicted octanol–water partition coefficient (Wildman–Crippen LogP) is 5.01. The highest BCUT2D eigenvalue weighted by molar-refractivity contribution is 7.99. The molecule has 0 fully saturated rings. The highest BCUT2D eigenvalue weighted by atomic mass is 35.5. The maximum Gasteiger partial charge on any atom is 0.136 e. The van der Waals surface area contributed by atoms with Gasteiger partial charge in [0.25, 0.3) is 0 Å². The Labute approximate surface area is 156 Å². The average Bonchev–Trinajstić information content (AvgIpc) is 3.00. The Morgan fingerprint density at radius 2 is 2.04 bits per heavy atom. The third kappa shape index (κ3) is 4.63. The average molecular weight is 374 g/mol. The van der Waals surface area contributed by atoms with Crippen molar-refractivity contribution in [2.24, 2.45) is 0 Å². The summed E-state index contributed by atoms with van der Waals surface area (Å²) in [6.45, 7) is 4.18. The molecule has 1 aromatic carbocycles. The van der Waals surface area contributed by atoms with Gasteiger partial charge in [0.1, 0.15) is 17.0 Å². The highest BCUT2D eigenvalue weighted by Crippen LogP contribution is 2.34. The van der Waals surface area contributed by atoms with Gasteiger partial charge in [-0.25, -0.2) is 4.98 Å². The van der Waals surface area contributed by atoms with Crippen molar-refractivity contribution in [2.75, 3.05) is 0 Å². The van der Waals surface area contributed by atoms with Gasteiger partial charge in [-0.15, -0.1) is 0 Å². The zero-order valence-electron chi connectivity index (χ0n) is 14.1. The zero-order valence-corrected chi connectivity index (χ0v) is 15.7. The van der Waals surface area contributed by atoms with Crippen LogP contribution in [0.5, 0.6) is 0 Å². The molecule has 2 aromatic heterocycles. The van der Waals surface area contributed by atoms with E-state index in [2.05, 4.69) is 28.8 Å². The lowest BCUT2D eigenvalue weighted by Crippen LogP contribution is -2.05. The number of rotatable bonds is 6. The van der Waals surface area contributed by atoms with E-state index in [1.54, 1.807) is 18.0 Å². The molecule has 3 rings (SSSR count). The third-order valence-electron chi connectivity index (χ3n) is 3.72. The van der Waals surface area contributed by atoms with Crippen molar-refractivity contribution >= 4 is 23.4 Å². The summed E-state index contributed by atoms with van der Waals surface area (Å²) >= 11 is 7.65. The topological polar surface area (TPSA) is 61.8 Å². The van der Waals surface area contributed by atoms with E-state index in [1.807, 2.05) is 42.5 Å². The second kappa shape index (κ2) is 8.04. The van der Waals surface area contributed by atoms with Gasteiger partial charge in [-0.2, -0.15) is 0 Å². The normalized spacial score (nSPS) is 12.5. The standard InChI is InChI=1S/C19H20ClN3OS/c1-12(2)17-19(25-15-8-5-6-13(20)10-15)23-18(22-17)16(24)11-14-7-3-4-9-21-14/h3-10,12,16,24H,11H2,1-2H3,(H,22,23). The first-order valence-corrected chi connectivity index (χ1v) is 9.33. The summed E-state index contributed by atoms with van der Waals surface area (Å²) in [7, 11) is 0. The van der Waals surface area contributed by atoms with E-state index in [0.717, 1.165) is 21.3 Å². The summed E-state index contributed by atoms with van der Waals surface area (Å²) in [6.07, 6.45) is 1.43. The molecule has 0 radical (unpaired) electrons. The first-order chi connectivity index (χ1) is 12.0. The van der Waals surface area contributed by atoms with Gasteiger partial charge in [-0.3, -0.25) is 4.98 Å². The molecule has 4 nitrogen and oxygen atoms in total. The van der Waals surface area contributed by atoms with Crippen molar-refractivity contribution in [1.82, 2.24) is 15.0 Å². The lowest BCUT2D eigenvalue weighted by atomic mass is 10.1. The molecule has 2 heterocycles. The molecule has 1 unspecified atom stereocenters. The monoisotopic (exact) mass is 373 g/mol. The lowest BCUT2D eigenvalue weighted by Gasteiger charge is -2.06. The Morgan fingerprint density at radius 1 is 1.20 bits per heavy atom. The molecule has 0 saturated heterocycles. The Balaban J connectivity index is 1.84. The summed E-state index contributed by atoms with van der Waals surface area (Å²) in [5.74, 6) is 0.813. The number of aliphatic hydroxyl groups excluding tert-OH is 1. The molecule has 0 saturated carbocycles. The number of nitrogens with one attached hydrogen (secondary N) is 1. The molecular formula is C19H20ClN3OS. The van der Waals surface area contributed by atoms with Gasteiger partial charge in [0.05, 0.1) is 5.69 Å². The smallest absolute Gasteiger partial charge is 0.136 e. The van der Waals surface area contributed by atoms with Crippen molar-refractivity contribution in [3.63, 3.8) is 0 Å². The maximum absolute atomic E-state index is 10.5. The molecule has 6 heteroatoms. The van der Waals surface area contributed by atoms with E-state index in [1.165, 1.54) is 0 Å². The Bertz CT molecular complexity index is 836. The van der Waals surface area contributed by atoms with E-state index < -0.39 is 6.10 Å². The van der Waals surface area contributed by atoms with Gasteiger partial charge in [0.2, 0.25) is 0 Å². The second-order valence-corrected chi connectivity index (χ2v) is 7.61. The van der Waals surface area contributed by atoms with E-state index in [-0.39, 0.29) is 5.92 Å². The summed E-state index contributed by atoms with van der Waals surface area (Å²) in [5.41, 5.74) is 1.78. The van der Waals surface area contributed by atoms with Crippen LogP contribution in [0.4, 0.5) is 0 Å². The number of aromatic amines is 1. The quantitative estimate of drug-likeness (QED) is 0.637. The fraction of sp³-hybridized carbons (Fsp3) is 0.263. The van der Waals surface area contributed by atoms with Gasteiger partial charge >= 0.3 is 0 Å². The number of H-pyrrole nitrogens is 1. The lowest BCUT2D eigenvalue weighted by molar-refractivity contribution is 0.167. The Kier molecular flexibility index (Phi) is 5.78. The van der Waals surface area contributed by atoms with Crippen molar-refractivity contribution in [3.8, 4) is 0 Å². The van der Waals surface area contributed by atoms with E-state index >= 15 is 0 Å². The molecule has 25 heavy (non-hydrogen) atoms. The van der Waals surface area contributed by atoms with Crippen LogP contribution in [0.1, 0.15) is 43.1 Å². The maximum atomic E-state index is 10.5. The SMILES string of the molecule is CC(C)c1nc(C(O)Cc2ccccn2)[nH]c1Sc1cccc(Cl)c1. The van der Waals surface area contributed by atoms with Crippen LogP contribution < -0.4 is 0 Å². The molecule has 2 N–H and O–H groups in total. The van der Waals surface area contributed by atoms with Crippen LogP contribution in [0.2, 0.25) is 5.02 Å². The number of benzene rings is 1. The summed E-state index contributed by atoms with van der Waals surface area (Å²) in [5, 5.41) is 12.2. The summed E-state index contributed by atoms with van der Waals surface area (Å²) in [4.78, 5) is 13.2. The van der Waals surface area contributed by atoms with Crippen LogP contribution in [-0.2, 0) is 6.42 Å². The highest BCUT2D eigenvalue weighted by Gasteiger charge is 2.20. The number of nitrogens with zero attached hydrogens (tertiary/aromatic N) is 2. The second-order valence-electron chi connectivity index (χ2n) is 6.09. The molecule has 1 atom stereocenters. The Hall–Kier alpha value is -1.82. The molecule has 0 aliphatic carbocycles. The molecule has 0 bridgehead atoms. The van der Waals surface area contributed by atoms with Crippen LogP contribution in [0.15, 0.2) is 58.6 Å². The van der Waals surface area contributed by atoms with Gasteiger partial charge in [-0.05, 0) is 36.2 Å². The van der Waals surface area contributed by atoms with E-state index in [9.17, 15) is 5.11 Å². The Morgan fingerprint density at radius 3 is 2.72 bits per heavy atom. The molecule has 0 aliphatic rings. The van der Waals surface area contributed by atoms with Crippen molar-refractivity contribution in [1.29, 1.82) is 0 Å².